The number of piperazine rings is 1. The van der Waals surface area contributed by atoms with E-state index in [1.165, 1.54) is 10.9 Å². The second kappa shape index (κ2) is 8.95. The third-order valence-corrected chi connectivity index (χ3v) is 6.71. The van der Waals surface area contributed by atoms with Crippen molar-refractivity contribution in [1.29, 1.82) is 0 Å². The van der Waals surface area contributed by atoms with Crippen molar-refractivity contribution in [2.45, 2.75) is 20.3 Å². The number of anilines is 3. The summed E-state index contributed by atoms with van der Waals surface area (Å²) < 4.78 is 20.6. The maximum Gasteiger partial charge on any atom is 0.325 e. The van der Waals surface area contributed by atoms with Crippen molar-refractivity contribution >= 4 is 39.0 Å². The number of thiazole rings is 1. The summed E-state index contributed by atoms with van der Waals surface area (Å²) >= 11 is 1.59. The number of hydrogen-bond acceptors (Lipinski definition) is 8. The molecule has 0 unspecified atom stereocenters. The fraction of sp³-hybridized carbons (Fsp3) is 0.348. The SMILES string of the molecule is CCc1cnc(Nc2cc(N3CCN(C)CC3)nc(Oc3cc(F)c4[nH]c(C)cc4c3)n2)s1. The van der Waals surface area contributed by atoms with Crippen LogP contribution < -0.4 is 15.0 Å². The van der Waals surface area contributed by atoms with E-state index < -0.39 is 0 Å². The van der Waals surface area contributed by atoms with Crippen LogP contribution in [0.25, 0.3) is 10.9 Å². The Bertz CT molecular complexity index is 1280. The molecular formula is C23H26FN7OS. The topological polar surface area (TPSA) is 82.2 Å². The zero-order chi connectivity index (χ0) is 22.9. The molecule has 0 saturated carbocycles. The van der Waals surface area contributed by atoms with Crippen LogP contribution >= 0.6 is 11.3 Å². The quantitative estimate of drug-likeness (QED) is 0.425. The van der Waals surface area contributed by atoms with Crippen molar-refractivity contribution < 1.29 is 9.13 Å². The lowest BCUT2D eigenvalue weighted by atomic mass is 10.2. The number of aromatic nitrogens is 4. The van der Waals surface area contributed by atoms with E-state index in [0.717, 1.165) is 54.6 Å². The van der Waals surface area contributed by atoms with Crippen molar-refractivity contribution in [2.24, 2.45) is 0 Å². The summed E-state index contributed by atoms with van der Waals surface area (Å²) in [6.45, 7) is 7.60. The number of benzene rings is 1. The molecule has 8 nitrogen and oxygen atoms in total. The summed E-state index contributed by atoms with van der Waals surface area (Å²) in [4.78, 5) is 22.3. The predicted octanol–water partition coefficient (Wildman–Crippen LogP) is 4.71. The molecule has 0 aliphatic carbocycles. The van der Waals surface area contributed by atoms with Gasteiger partial charge in [0.2, 0.25) is 0 Å². The standard InChI is InChI=1S/C23H26FN7OS/c1-4-17-13-25-23(33-17)28-19-12-20(31-7-5-30(3)6-8-31)29-22(27-19)32-16-10-15-9-14(2)26-21(15)18(24)11-16/h9-13,26H,4-8H2,1-3H3,(H,25,27,28,29). The number of hydrogen-bond donors (Lipinski definition) is 2. The Morgan fingerprint density at radius 3 is 2.73 bits per heavy atom. The van der Waals surface area contributed by atoms with E-state index in [1.54, 1.807) is 17.4 Å². The van der Waals surface area contributed by atoms with E-state index in [0.29, 0.717) is 17.1 Å². The minimum atomic E-state index is -0.376. The first-order valence-electron chi connectivity index (χ1n) is 11.0. The first-order chi connectivity index (χ1) is 16.0. The Labute approximate surface area is 195 Å². The largest absolute Gasteiger partial charge is 0.424 e. The Balaban J connectivity index is 1.47. The number of fused-ring (bicyclic) bond motifs is 1. The van der Waals surface area contributed by atoms with Gasteiger partial charge in [-0.05, 0) is 32.5 Å². The van der Waals surface area contributed by atoms with Crippen molar-refractivity contribution in [1.82, 2.24) is 24.8 Å². The van der Waals surface area contributed by atoms with Crippen LogP contribution in [0.2, 0.25) is 0 Å². The van der Waals surface area contributed by atoms with Crippen molar-refractivity contribution in [3.63, 3.8) is 0 Å². The van der Waals surface area contributed by atoms with Gasteiger partial charge in [0.25, 0.3) is 0 Å². The van der Waals surface area contributed by atoms with E-state index in [1.807, 2.05) is 25.3 Å². The summed E-state index contributed by atoms with van der Waals surface area (Å²) in [5.41, 5.74) is 1.35. The highest BCUT2D eigenvalue weighted by Crippen LogP contribution is 2.30. The molecule has 172 valence electrons. The number of aromatic amines is 1. The van der Waals surface area contributed by atoms with Crippen LogP contribution in [0.3, 0.4) is 0 Å². The van der Waals surface area contributed by atoms with Crippen molar-refractivity contribution in [3.8, 4) is 11.8 Å². The molecule has 10 heteroatoms. The van der Waals surface area contributed by atoms with Gasteiger partial charge in [0.1, 0.15) is 17.4 Å². The minimum absolute atomic E-state index is 0.159. The molecule has 4 heterocycles. The first kappa shape index (κ1) is 21.6. The number of halogens is 1. The zero-order valence-corrected chi connectivity index (χ0v) is 19.7. The molecule has 4 aromatic rings. The normalized spacial score (nSPS) is 14.7. The molecule has 1 fully saturated rings. The van der Waals surface area contributed by atoms with Gasteiger partial charge >= 0.3 is 6.01 Å². The average Bonchev–Trinajstić information content (AvgIpc) is 3.40. The first-order valence-corrected chi connectivity index (χ1v) is 11.8. The number of rotatable bonds is 6. The summed E-state index contributed by atoms with van der Waals surface area (Å²) in [6.07, 6.45) is 2.79. The second-order valence-corrected chi connectivity index (χ2v) is 9.33. The molecule has 5 rings (SSSR count). The molecule has 0 bridgehead atoms. The number of likely N-dealkylation sites (N-methyl/N-ethyl adjacent to an activating group) is 1. The fourth-order valence-corrected chi connectivity index (χ4v) is 4.60. The van der Waals surface area contributed by atoms with Crippen LogP contribution in [0.15, 0.2) is 30.5 Å². The third-order valence-electron chi connectivity index (χ3n) is 5.65. The number of ether oxygens (including phenoxy) is 1. The smallest absolute Gasteiger partial charge is 0.325 e. The van der Waals surface area contributed by atoms with Crippen LogP contribution in [-0.4, -0.2) is 58.1 Å². The maximum atomic E-state index is 14.6. The third kappa shape index (κ3) is 4.76. The molecule has 1 aliphatic heterocycles. The van der Waals surface area contributed by atoms with Gasteiger partial charge in [-0.25, -0.2) is 9.37 Å². The Kier molecular flexibility index (Phi) is 5.86. The van der Waals surface area contributed by atoms with Gasteiger partial charge in [-0.2, -0.15) is 9.97 Å². The number of nitrogens with one attached hydrogen (secondary N) is 2. The van der Waals surface area contributed by atoms with E-state index >= 15 is 0 Å². The predicted molar refractivity (Wildman–Crippen MR) is 130 cm³/mol. The van der Waals surface area contributed by atoms with E-state index in [-0.39, 0.29) is 11.8 Å². The second-order valence-electron chi connectivity index (χ2n) is 8.22. The minimum Gasteiger partial charge on any atom is -0.424 e. The van der Waals surface area contributed by atoms with Gasteiger partial charge in [-0.1, -0.05) is 6.92 Å². The molecule has 1 saturated heterocycles. The number of nitrogens with zero attached hydrogens (tertiary/aromatic N) is 5. The lowest BCUT2D eigenvalue weighted by molar-refractivity contribution is 0.311. The van der Waals surface area contributed by atoms with Crippen LogP contribution in [0, 0.1) is 12.7 Å². The molecule has 2 N–H and O–H groups in total. The summed E-state index contributed by atoms with van der Waals surface area (Å²) in [5, 5.41) is 4.78. The molecule has 33 heavy (non-hydrogen) atoms. The van der Waals surface area contributed by atoms with Gasteiger partial charge < -0.3 is 24.8 Å². The van der Waals surface area contributed by atoms with Gasteiger partial charge in [-0.3, -0.25) is 0 Å². The Morgan fingerprint density at radius 1 is 1.15 bits per heavy atom. The molecule has 0 amide bonds. The highest BCUT2D eigenvalue weighted by atomic mass is 32.1. The molecular weight excluding hydrogens is 441 g/mol. The van der Waals surface area contributed by atoms with Crippen LogP contribution in [0.1, 0.15) is 17.5 Å². The summed E-state index contributed by atoms with van der Waals surface area (Å²) in [6, 6.07) is 7.09. The molecule has 3 aromatic heterocycles. The molecule has 0 spiro atoms. The zero-order valence-electron chi connectivity index (χ0n) is 18.9. The molecule has 1 aromatic carbocycles. The number of aryl methyl sites for hydroxylation is 2. The highest BCUT2D eigenvalue weighted by molar-refractivity contribution is 7.15. The number of H-pyrrole nitrogens is 1. The summed E-state index contributed by atoms with van der Waals surface area (Å²) in [7, 11) is 2.11. The molecule has 0 radical (unpaired) electrons. The van der Waals surface area contributed by atoms with Crippen LogP contribution in [-0.2, 0) is 6.42 Å². The van der Waals surface area contributed by atoms with Gasteiger partial charge in [0, 0.05) is 60.5 Å². The van der Waals surface area contributed by atoms with Gasteiger partial charge in [0.15, 0.2) is 10.9 Å². The maximum absolute atomic E-state index is 14.6. The Morgan fingerprint density at radius 2 is 1.97 bits per heavy atom. The van der Waals surface area contributed by atoms with Crippen LogP contribution in [0.5, 0.6) is 11.8 Å². The van der Waals surface area contributed by atoms with E-state index in [2.05, 4.69) is 49.0 Å². The Hall–Kier alpha value is -3.24. The highest BCUT2D eigenvalue weighted by Gasteiger charge is 2.19. The average molecular weight is 468 g/mol. The van der Waals surface area contributed by atoms with E-state index in [9.17, 15) is 4.39 Å². The van der Waals surface area contributed by atoms with Gasteiger partial charge in [0.05, 0.1) is 5.52 Å². The lowest BCUT2D eigenvalue weighted by Crippen LogP contribution is -2.44. The van der Waals surface area contributed by atoms with Crippen molar-refractivity contribution in [2.75, 3.05) is 43.4 Å². The fourth-order valence-electron chi connectivity index (χ4n) is 3.84. The van der Waals surface area contributed by atoms with Crippen molar-refractivity contribution in [3.05, 3.63) is 46.9 Å². The summed E-state index contributed by atoms with van der Waals surface area (Å²) in [5.74, 6) is 1.33. The monoisotopic (exact) mass is 467 g/mol. The molecule has 0 atom stereocenters. The van der Waals surface area contributed by atoms with Crippen LogP contribution in [0.4, 0.5) is 21.2 Å². The van der Waals surface area contributed by atoms with Gasteiger partial charge in [-0.15, -0.1) is 11.3 Å². The molecule has 1 aliphatic rings. The lowest BCUT2D eigenvalue weighted by Gasteiger charge is -2.33. The van der Waals surface area contributed by atoms with E-state index in [4.69, 9.17) is 4.74 Å².